The fourth-order valence-electron chi connectivity index (χ4n) is 5.03. The van der Waals surface area contributed by atoms with Crippen LogP contribution in [0.25, 0.3) is 27.8 Å². The Morgan fingerprint density at radius 3 is 2.62 bits per heavy atom. The maximum atomic E-state index is 9.62. The van der Waals surface area contributed by atoms with E-state index < -0.39 is 0 Å². The minimum absolute atomic E-state index is 0.280. The lowest BCUT2D eigenvalue weighted by Crippen LogP contribution is -2.70. The van der Waals surface area contributed by atoms with Crippen LogP contribution in [-0.2, 0) is 7.05 Å². The first-order valence-corrected chi connectivity index (χ1v) is 11.0. The largest absolute Gasteiger partial charge is 0.353 e. The van der Waals surface area contributed by atoms with E-state index in [0.29, 0.717) is 5.56 Å². The standard InChI is InChI=1S/C24H24N8/c1-30-13-20(12-28-30)18-8-21(23-19(9-25)11-29-32(23)14-18)17-4-5-22(26-10-17)31-15-24(16-31)6-2-3-7-27-24/h4-5,8,10-14,27H,2-3,6-7,15-16H2,1H3. The highest BCUT2D eigenvalue weighted by atomic mass is 15.3. The highest BCUT2D eigenvalue weighted by molar-refractivity contribution is 5.87. The van der Waals surface area contributed by atoms with Crippen LogP contribution in [0.5, 0.6) is 0 Å². The molecular formula is C24H24N8. The van der Waals surface area contributed by atoms with Gasteiger partial charge in [-0.25, -0.2) is 9.50 Å². The van der Waals surface area contributed by atoms with Gasteiger partial charge < -0.3 is 10.2 Å². The Balaban J connectivity index is 1.36. The Labute approximate surface area is 186 Å². The molecule has 160 valence electrons. The van der Waals surface area contributed by atoms with Crippen LogP contribution in [0, 0.1) is 11.3 Å². The number of hydrogen-bond donors (Lipinski definition) is 1. The molecule has 1 spiro atoms. The molecule has 6 heterocycles. The van der Waals surface area contributed by atoms with Crippen molar-refractivity contribution in [3.63, 3.8) is 0 Å². The molecule has 0 atom stereocenters. The lowest BCUT2D eigenvalue weighted by atomic mass is 9.82. The molecule has 0 aliphatic carbocycles. The molecule has 1 N–H and O–H groups in total. The van der Waals surface area contributed by atoms with Gasteiger partial charge in [-0.15, -0.1) is 0 Å². The maximum absolute atomic E-state index is 9.62. The average Bonchev–Trinajstić information content (AvgIpc) is 3.43. The van der Waals surface area contributed by atoms with E-state index in [1.54, 1.807) is 15.4 Å². The SMILES string of the molecule is Cn1cc(-c2cc(-c3ccc(N4CC5(CCCCN5)C4)nc3)c3c(C#N)cnn3c2)cn1. The summed E-state index contributed by atoms with van der Waals surface area (Å²) in [5.41, 5.74) is 5.52. The molecule has 0 bridgehead atoms. The molecule has 0 amide bonds. The number of anilines is 1. The summed E-state index contributed by atoms with van der Waals surface area (Å²) in [7, 11) is 1.90. The van der Waals surface area contributed by atoms with Gasteiger partial charge in [0.05, 0.1) is 29.0 Å². The van der Waals surface area contributed by atoms with Crippen LogP contribution in [0.3, 0.4) is 0 Å². The Bertz CT molecular complexity index is 1330. The number of fused-ring (bicyclic) bond motifs is 1. The summed E-state index contributed by atoms with van der Waals surface area (Å²) < 4.78 is 3.55. The first-order valence-electron chi connectivity index (χ1n) is 11.0. The van der Waals surface area contributed by atoms with Crippen molar-refractivity contribution in [2.24, 2.45) is 7.05 Å². The zero-order chi connectivity index (χ0) is 21.7. The summed E-state index contributed by atoms with van der Waals surface area (Å²) in [5, 5.41) is 22.0. The van der Waals surface area contributed by atoms with Crippen molar-refractivity contribution < 1.29 is 0 Å². The van der Waals surface area contributed by atoms with Gasteiger partial charge in [0.1, 0.15) is 11.9 Å². The first kappa shape index (κ1) is 19.0. The van der Waals surface area contributed by atoms with Gasteiger partial charge in [-0.3, -0.25) is 4.68 Å². The molecule has 2 fully saturated rings. The predicted octanol–water partition coefficient (Wildman–Crippen LogP) is 3.00. The number of nitrogens with zero attached hydrogens (tertiary/aromatic N) is 7. The second-order valence-electron chi connectivity index (χ2n) is 8.93. The molecule has 0 aromatic carbocycles. The third kappa shape index (κ3) is 3.05. The Kier molecular flexibility index (Phi) is 4.26. The van der Waals surface area contributed by atoms with Crippen LogP contribution in [0.2, 0.25) is 0 Å². The molecule has 2 saturated heterocycles. The molecule has 8 heteroatoms. The number of hydrogen-bond acceptors (Lipinski definition) is 6. The second kappa shape index (κ2) is 7.18. The minimum Gasteiger partial charge on any atom is -0.353 e. The minimum atomic E-state index is 0.280. The molecule has 0 saturated carbocycles. The zero-order valence-electron chi connectivity index (χ0n) is 18.0. The fourth-order valence-corrected chi connectivity index (χ4v) is 5.03. The van der Waals surface area contributed by atoms with Crippen LogP contribution < -0.4 is 10.2 Å². The van der Waals surface area contributed by atoms with Gasteiger partial charge in [-0.2, -0.15) is 15.5 Å². The van der Waals surface area contributed by atoms with E-state index in [1.165, 1.54) is 19.3 Å². The topological polar surface area (TPSA) is 87.1 Å². The number of nitriles is 1. The number of piperidine rings is 1. The second-order valence-corrected chi connectivity index (χ2v) is 8.93. The third-order valence-electron chi connectivity index (χ3n) is 6.72. The van der Waals surface area contributed by atoms with E-state index in [2.05, 4.69) is 44.7 Å². The van der Waals surface area contributed by atoms with E-state index >= 15 is 0 Å². The molecule has 2 aliphatic rings. The van der Waals surface area contributed by atoms with Crippen LogP contribution in [0.15, 0.2) is 49.2 Å². The first-order chi connectivity index (χ1) is 15.6. The molecule has 8 nitrogen and oxygen atoms in total. The molecule has 0 unspecified atom stereocenters. The van der Waals surface area contributed by atoms with Crippen molar-refractivity contribution in [1.29, 1.82) is 5.26 Å². The maximum Gasteiger partial charge on any atom is 0.128 e. The molecule has 2 aliphatic heterocycles. The van der Waals surface area contributed by atoms with Crippen molar-refractivity contribution in [3.05, 3.63) is 54.7 Å². The highest BCUT2D eigenvalue weighted by Crippen LogP contribution is 2.35. The average molecular weight is 425 g/mol. The summed E-state index contributed by atoms with van der Waals surface area (Å²) in [6, 6.07) is 8.54. The van der Waals surface area contributed by atoms with Gasteiger partial charge in [-0.1, -0.05) is 6.42 Å². The van der Waals surface area contributed by atoms with Gasteiger partial charge in [-0.05, 0) is 37.6 Å². The molecule has 0 radical (unpaired) electrons. The predicted molar refractivity (Wildman–Crippen MR) is 122 cm³/mol. The number of aryl methyl sites for hydroxylation is 1. The van der Waals surface area contributed by atoms with Gasteiger partial charge in [0.25, 0.3) is 0 Å². The van der Waals surface area contributed by atoms with Crippen LogP contribution >= 0.6 is 0 Å². The van der Waals surface area contributed by atoms with E-state index in [9.17, 15) is 5.26 Å². The van der Waals surface area contributed by atoms with Crippen LogP contribution in [0.4, 0.5) is 5.82 Å². The van der Waals surface area contributed by atoms with E-state index in [-0.39, 0.29) is 5.54 Å². The number of rotatable bonds is 3. The molecule has 6 rings (SSSR count). The van der Waals surface area contributed by atoms with Crippen molar-refractivity contribution in [1.82, 2.24) is 29.7 Å². The van der Waals surface area contributed by atoms with Crippen molar-refractivity contribution >= 4 is 11.3 Å². The third-order valence-corrected chi connectivity index (χ3v) is 6.72. The normalized spacial score (nSPS) is 17.4. The summed E-state index contributed by atoms with van der Waals surface area (Å²) in [6.07, 6.45) is 13.1. The summed E-state index contributed by atoms with van der Waals surface area (Å²) in [4.78, 5) is 7.11. The summed E-state index contributed by atoms with van der Waals surface area (Å²) in [6.45, 7) is 3.15. The smallest absolute Gasteiger partial charge is 0.128 e. The lowest BCUT2D eigenvalue weighted by Gasteiger charge is -2.53. The lowest BCUT2D eigenvalue weighted by molar-refractivity contribution is 0.201. The molecule has 4 aromatic rings. The van der Waals surface area contributed by atoms with Crippen LogP contribution in [-0.4, -0.2) is 49.6 Å². The zero-order valence-corrected chi connectivity index (χ0v) is 18.0. The number of aromatic nitrogens is 5. The Hall–Kier alpha value is -3.70. The van der Waals surface area contributed by atoms with Gasteiger partial charge in [0.2, 0.25) is 0 Å². The van der Waals surface area contributed by atoms with E-state index in [0.717, 1.165) is 53.2 Å². The highest BCUT2D eigenvalue weighted by Gasteiger charge is 2.43. The number of pyridine rings is 2. The van der Waals surface area contributed by atoms with Crippen molar-refractivity contribution in [2.75, 3.05) is 24.5 Å². The van der Waals surface area contributed by atoms with E-state index in [4.69, 9.17) is 4.98 Å². The Morgan fingerprint density at radius 1 is 1.03 bits per heavy atom. The quantitative estimate of drug-likeness (QED) is 0.544. The number of nitrogens with one attached hydrogen (secondary N) is 1. The summed E-state index contributed by atoms with van der Waals surface area (Å²) in [5.74, 6) is 1.00. The molecular weight excluding hydrogens is 400 g/mol. The van der Waals surface area contributed by atoms with Gasteiger partial charge >= 0.3 is 0 Å². The fraction of sp³-hybridized carbons (Fsp3) is 0.333. The Morgan fingerprint density at radius 2 is 1.94 bits per heavy atom. The van der Waals surface area contributed by atoms with Crippen LogP contribution in [0.1, 0.15) is 24.8 Å². The summed E-state index contributed by atoms with van der Waals surface area (Å²) >= 11 is 0. The van der Waals surface area contributed by atoms with E-state index in [1.807, 2.05) is 31.8 Å². The van der Waals surface area contributed by atoms with Crippen molar-refractivity contribution in [2.45, 2.75) is 24.8 Å². The molecule has 32 heavy (non-hydrogen) atoms. The van der Waals surface area contributed by atoms with Crippen molar-refractivity contribution in [3.8, 4) is 28.3 Å². The van der Waals surface area contributed by atoms with Gasteiger partial charge in [0.15, 0.2) is 0 Å². The molecule has 4 aromatic heterocycles. The van der Waals surface area contributed by atoms with Gasteiger partial charge in [0, 0.05) is 61.0 Å². The monoisotopic (exact) mass is 424 g/mol.